The molecule has 3 aliphatic rings. The number of nitrogens with zero attached hydrogens (tertiary/aromatic N) is 3. The van der Waals surface area contributed by atoms with E-state index in [1.165, 1.54) is 31.2 Å². The number of hydrogen-bond donors (Lipinski definition) is 0. The van der Waals surface area contributed by atoms with E-state index in [1.54, 1.807) is 6.33 Å². The summed E-state index contributed by atoms with van der Waals surface area (Å²) >= 11 is 0. The molecule has 1 aromatic carbocycles. The third-order valence-electron chi connectivity index (χ3n) is 7.38. The van der Waals surface area contributed by atoms with Gasteiger partial charge in [-0.05, 0) is 49.1 Å². The van der Waals surface area contributed by atoms with Crippen molar-refractivity contribution in [3.05, 3.63) is 60.2 Å². The van der Waals surface area contributed by atoms with Gasteiger partial charge in [0.2, 0.25) is 5.91 Å². The summed E-state index contributed by atoms with van der Waals surface area (Å²) in [6.07, 6.45) is 11.5. The van der Waals surface area contributed by atoms with Gasteiger partial charge in [0.05, 0.1) is 5.41 Å². The molecule has 4 heteroatoms. The molecule has 1 atom stereocenters. The average molecular weight is 361 g/mol. The predicted octanol–water partition coefficient (Wildman–Crippen LogP) is 4.08. The van der Waals surface area contributed by atoms with E-state index in [0.29, 0.717) is 11.8 Å². The van der Waals surface area contributed by atoms with Crippen LogP contribution in [0.25, 0.3) is 0 Å². The third-order valence-corrected chi connectivity index (χ3v) is 7.38. The van der Waals surface area contributed by atoms with Crippen LogP contribution in [0, 0.1) is 5.41 Å². The standard InChI is InChI=1S/C23H27N3O/c27-21(26-14-9-18(10-15-26)20-8-13-24-17-25-20)23(19-6-2-1-3-7-19)16-22(23)11-4-5-12-22/h1-3,6-8,13,17-18H,4-5,9-12,14-16H2/t23-/m0/s1. The fraction of sp³-hybridized carbons (Fsp3) is 0.522. The molecule has 0 bridgehead atoms. The molecule has 2 heterocycles. The van der Waals surface area contributed by atoms with Crippen LogP contribution in [-0.2, 0) is 10.2 Å². The van der Waals surface area contributed by atoms with Crippen LogP contribution in [0.5, 0.6) is 0 Å². The highest BCUT2D eigenvalue weighted by Crippen LogP contribution is 2.72. The largest absolute Gasteiger partial charge is 0.342 e. The second-order valence-electron chi connectivity index (χ2n) is 8.64. The molecular formula is C23H27N3O. The maximum atomic E-state index is 13.8. The van der Waals surface area contributed by atoms with Crippen molar-refractivity contribution in [3.63, 3.8) is 0 Å². The summed E-state index contributed by atoms with van der Waals surface area (Å²) in [6.45, 7) is 1.69. The van der Waals surface area contributed by atoms with Crippen LogP contribution in [0.2, 0.25) is 0 Å². The lowest BCUT2D eigenvalue weighted by Crippen LogP contribution is -2.45. The number of aromatic nitrogens is 2. The van der Waals surface area contributed by atoms with Gasteiger partial charge in [0.15, 0.2) is 0 Å². The minimum atomic E-state index is -0.257. The molecule has 2 aromatic rings. The van der Waals surface area contributed by atoms with E-state index in [1.807, 2.05) is 12.3 Å². The summed E-state index contributed by atoms with van der Waals surface area (Å²) in [7, 11) is 0. The molecule has 1 aromatic heterocycles. The fourth-order valence-corrected chi connectivity index (χ4v) is 5.87. The van der Waals surface area contributed by atoms with Gasteiger partial charge in [-0.3, -0.25) is 4.79 Å². The normalized spacial score (nSPS) is 27.0. The molecule has 1 spiro atoms. The highest BCUT2D eigenvalue weighted by atomic mass is 16.2. The lowest BCUT2D eigenvalue weighted by Gasteiger charge is -2.36. The molecule has 5 rings (SSSR count). The van der Waals surface area contributed by atoms with Crippen molar-refractivity contribution in [2.45, 2.75) is 56.3 Å². The highest BCUT2D eigenvalue weighted by molar-refractivity contribution is 5.93. The molecule has 0 N–H and O–H groups in total. The summed E-state index contributed by atoms with van der Waals surface area (Å²) in [5.41, 5.74) is 2.34. The number of likely N-dealkylation sites (tertiary alicyclic amines) is 1. The first-order valence-corrected chi connectivity index (χ1v) is 10.4. The monoisotopic (exact) mass is 361 g/mol. The van der Waals surface area contributed by atoms with Gasteiger partial charge in [0.25, 0.3) is 0 Å². The number of hydrogen-bond acceptors (Lipinski definition) is 3. The van der Waals surface area contributed by atoms with Crippen molar-refractivity contribution in [2.24, 2.45) is 5.41 Å². The van der Waals surface area contributed by atoms with Crippen molar-refractivity contribution < 1.29 is 4.79 Å². The zero-order chi connectivity index (χ0) is 18.3. The van der Waals surface area contributed by atoms with Crippen LogP contribution >= 0.6 is 0 Å². The maximum Gasteiger partial charge on any atom is 0.233 e. The van der Waals surface area contributed by atoms with Crippen molar-refractivity contribution in [1.29, 1.82) is 0 Å². The van der Waals surface area contributed by atoms with Crippen molar-refractivity contribution in [2.75, 3.05) is 13.1 Å². The minimum absolute atomic E-state index is 0.231. The Hall–Kier alpha value is -2.23. The summed E-state index contributed by atoms with van der Waals surface area (Å²) in [6, 6.07) is 12.6. The van der Waals surface area contributed by atoms with E-state index in [4.69, 9.17) is 0 Å². The molecule has 140 valence electrons. The molecule has 27 heavy (non-hydrogen) atoms. The highest BCUT2D eigenvalue weighted by Gasteiger charge is 2.73. The van der Waals surface area contributed by atoms with Crippen LogP contribution in [0.1, 0.15) is 62.1 Å². The van der Waals surface area contributed by atoms with Gasteiger partial charge in [-0.25, -0.2) is 9.97 Å². The number of piperidine rings is 1. The average Bonchev–Trinajstić information content (AvgIpc) is 3.15. The van der Waals surface area contributed by atoms with Gasteiger partial charge in [0, 0.05) is 30.9 Å². The Kier molecular flexibility index (Phi) is 4.03. The Morgan fingerprint density at radius 2 is 1.78 bits per heavy atom. The first-order chi connectivity index (χ1) is 13.3. The summed E-state index contributed by atoms with van der Waals surface area (Å²) in [4.78, 5) is 24.4. The van der Waals surface area contributed by atoms with Crippen LogP contribution < -0.4 is 0 Å². The number of carbonyl (C=O) groups excluding carboxylic acids is 1. The minimum Gasteiger partial charge on any atom is -0.342 e. The summed E-state index contributed by atoms with van der Waals surface area (Å²) in [5.74, 6) is 0.834. The Bertz CT molecular complexity index is 808. The smallest absolute Gasteiger partial charge is 0.233 e. The number of benzene rings is 1. The van der Waals surface area contributed by atoms with E-state index in [2.05, 4.69) is 45.2 Å². The molecule has 4 nitrogen and oxygen atoms in total. The van der Waals surface area contributed by atoms with E-state index < -0.39 is 0 Å². The Morgan fingerprint density at radius 1 is 1.04 bits per heavy atom. The zero-order valence-corrected chi connectivity index (χ0v) is 15.8. The SMILES string of the molecule is O=C(N1CCC(c2ccncn2)CC1)[C@@]1(c2ccccc2)CC12CCCC2. The van der Waals surface area contributed by atoms with Crippen molar-refractivity contribution in [1.82, 2.24) is 14.9 Å². The number of amides is 1. The number of carbonyl (C=O) groups is 1. The van der Waals surface area contributed by atoms with E-state index in [0.717, 1.165) is 38.0 Å². The first kappa shape index (κ1) is 16.9. The van der Waals surface area contributed by atoms with E-state index >= 15 is 0 Å². The molecular weight excluding hydrogens is 334 g/mol. The second-order valence-corrected chi connectivity index (χ2v) is 8.64. The third kappa shape index (κ3) is 2.60. The Morgan fingerprint density at radius 3 is 2.44 bits per heavy atom. The van der Waals surface area contributed by atoms with Gasteiger partial charge < -0.3 is 4.90 Å². The van der Waals surface area contributed by atoms with Gasteiger partial charge in [0.1, 0.15) is 6.33 Å². The Labute approximate surface area is 161 Å². The summed E-state index contributed by atoms with van der Waals surface area (Å²) in [5, 5.41) is 0. The molecule has 2 saturated carbocycles. The molecule has 1 amide bonds. The molecule has 1 saturated heterocycles. The first-order valence-electron chi connectivity index (χ1n) is 10.4. The predicted molar refractivity (Wildman–Crippen MR) is 104 cm³/mol. The fourth-order valence-electron chi connectivity index (χ4n) is 5.87. The molecule has 3 fully saturated rings. The second kappa shape index (κ2) is 6.43. The van der Waals surface area contributed by atoms with E-state index in [9.17, 15) is 4.79 Å². The lowest BCUT2D eigenvalue weighted by atomic mass is 9.82. The van der Waals surface area contributed by atoms with Crippen LogP contribution in [0.3, 0.4) is 0 Å². The molecule has 1 aliphatic heterocycles. The molecule has 2 aliphatic carbocycles. The van der Waals surface area contributed by atoms with Gasteiger partial charge >= 0.3 is 0 Å². The van der Waals surface area contributed by atoms with Crippen LogP contribution in [0.4, 0.5) is 0 Å². The molecule has 0 radical (unpaired) electrons. The Balaban J connectivity index is 1.36. The van der Waals surface area contributed by atoms with Gasteiger partial charge in [-0.2, -0.15) is 0 Å². The van der Waals surface area contributed by atoms with Crippen LogP contribution in [0.15, 0.2) is 48.9 Å². The van der Waals surface area contributed by atoms with E-state index in [-0.39, 0.29) is 10.8 Å². The number of rotatable bonds is 3. The van der Waals surface area contributed by atoms with Gasteiger partial charge in [-0.1, -0.05) is 43.2 Å². The lowest BCUT2D eigenvalue weighted by molar-refractivity contribution is -0.136. The van der Waals surface area contributed by atoms with Crippen molar-refractivity contribution in [3.8, 4) is 0 Å². The van der Waals surface area contributed by atoms with Crippen LogP contribution in [-0.4, -0.2) is 33.9 Å². The maximum absolute atomic E-state index is 13.8. The quantitative estimate of drug-likeness (QED) is 0.827. The molecule has 0 unspecified atom stereocenters. The zero-order valence-electron chi connectivity index (χ0n) is 15.8. The van der Waals surface area contributed by atoms with Crippen molar-refractivity contribution >= 4 is 5.91 Å². The van der Waals surface area contributed by atoms with Gasteiger partial charge in [-0.15, -0.1) is 0 Å². The summed E-state index contributed by atoms with van der Waals surface area (Å²) < 4.78 is 0. The topological polar surface area (TPSA) is 46.1 Å².